The normalized spacial score (nSPS) is 11.6. The van der Waals surface area contributed by atoms with Gasteiger partial charge in [0.2, 0.25) is 0 Å². The lowest BCUT2D eigenvalue weighted by Gasteiger charge is -2.05. The van der Waals surface area contributed by atoms with Gasteiger partial charge in [-0.25, -0.2) is 0 Å². The molecule has 0 spiro atoms. The quantitative estimate of drug-likeness (QED) is 0.780. The van der Waals surface area contributed by atoms with Crippen molar-refractivity contribution >= 4 is 11.0 Å². The van der Waals surface area contributed by atoms with E-state index < -0.39 is 0 Å². The Morgan fingerprint density at radius 2 is 2.11 bits per heavy atom. The maximum Gasteiger partial charge on any atom is 0.137 e. The van der Waals surface area contributed by atoms with E-state index in [2.05, 4.69) is 50.4 Å². The average molecular weight is 245 g/mol. The summed E-state index contributed by atoms with van der Waals surface area (Å²) in [5.74, 6) is 1.82. The molecule has 0 saturated heterocycles. The van der Waals surface area contributed by atoms with Gasteiger partial charge in [-0.1, -0.05) is 32.0 Å². The van der Waals surface area contributed by atoms with E-state index in [1.165, 1.54) is 10.9 Å². The highest BCUT2D eigenvalue weighted by Crippen LogP contribution is 2.23. The van der Waals surface area contributed by atoms with Gasteiger partial charge in [0, 0.05) is 11.8 Å². The molecular formula is C16H23NO. The zero-order chi connectivity index (χ0) is 13.0. The number of benzene rings is 1. The van der Waals surface area contributed by atoms with Crippen molar-refractivity contribution in [3.05, 3.63) is 35.6 Å². The fourth-order valence-electron chi connectivity index (χ4n) is 2.16. The SMILES string of the molecule is Cc1cccc2cc(CCCNCC(C)C)oc12. The van der Waals surface area contributed by atoms with Gasteiger partial charge >= 0.3 is 0 Å². The summed E-state index contributed by atoms with van der Waals surface area (Å²) < 4.78 is 5.90. The van der Waals surface area contributed by atoms with Crippen molar-refractivity contribution in [2.24, 2.45) is 5.92 Å². The molecule has 0 aliphatic carbocycles. The number of aryl methyl sites for hydroxylation is 2. The van der Waals surface area contributed by atoms with Gasteiger partial charge in [0.25, 0.3) is 0 Å². The van der Waals surface area contributed by atoms with Crippen LogP contribution in [0.5, 0.6) is 0 Å². The first-order valence-corrected chi connectivity index (χ1v) is 6.85. The van der Waals surface area contributed by atoms with E-state index in [-0.39, 0.29) is 0 Å². The van der Waals surface area contributed by atoms with Crippen molar-refractivity contribution < 1.29 is 4.42 Å². The maximum atomic E-state index is 5.90. The molecule has 1 heterocycles. The number of fused-ring (bicyclic) bond motifs is 1. The van der Waals surface area contributed by atoms with E-state index in [9.17, 15) is 0 Å². The summed E-state index contributed by atoms with van der Waals surface area (Å²) >= 11 is 0. The van der Waals surface area contributed by atoms with Crippen LogP contribution in [0.3, 0.4) is 0 Å². The van der Waals surface area contributed by atoms with Gasteiger partial charge in [-0.2, -0.15) is 0 Å². The highest BCUT2D eigenvalue weighted by Gasteiger charge is 2.05. The van der Waals surface area contributed by atoms with Crippen LogP contribution in [0.1, 0.15) is 31.6 Å². The Morgan fingerprint density at radius 1 is 1.28 bits per heavy atom. The van der Waals surface area contributed by atoms with Crippen LogP contribution >= 0.6 is 0 Å². The Bertz CT molecular complexity index is 499. The van der Waals surface area contributed by atoms with Crippen molar-refractivity contribution in [2.75, 3.05) is 13.1 Å². The van der Waals surface area contributed by atoms with Gasteiger partial charge in [0.15, 0.2) is 0 Å². The number of furan rings is 1. The van der Waals surface area contributed by atoms with E-state index in [1.54, 1.807) is 0 Å². The minimum atomic E-state index is 0.721. The third-order valence-corrected chi connectivity index (χ3v) is 3.12. The zero-order valence-electron chi connectivity index (χ0n) is 11.6. The monoisotopic (exact) mass is 245 g/mol. The molecule has 0 saturated carbocycles. The molecule has 2 rings (SSSR count). The first kappa shape index (κ1) is 13.2. The Labute approximate surface area is 109 Å². The van der Waals surface area contributed by atoms with E-state index in [0.717, 1.165) is 43.2 Å². The topological polar surface area (TPSA) is 25.2 Å². The smallest absolute Gasteiger partial charge is 0.137 e. The van der Waals surface area contributed by atoms with E-state index >= 15 is 0 Å². The van der Waals surface area contributed by atoms with Gasteiger partial charge in [0.1, 0.15) is 11.3 Å². The predicted octanol–water partition coefficient (Wildman–Crippen LogP) is 3.92. The molecule has 0 fully saturated rings. The van der Waals surface area contributed by atoms with E-state index in [4.69, 9.17) is 4.42 Å². The molecule has 2 nitrogen and oxygen atoms in total. The van der Waals surface area contributed by atoms with Crippen LogP contribution in [-0.2, 0) is 6.42 Å². The van der Waals surface area contributed by atoms with Crippen molar-refractivity contribution in [1.29, 1.82) is 0 Å². The average Bonchev–Trinajstić information content (AvgIpc) is 2.72. The molecule has 0 unspecified atom stereocenters. The Morgan fingerprint density at radius 3 is 2.83 bits per heavy atom. The van der Waals surface area contributed by atoms with Gasteiger partial charge in [-0.15, -0.1) is 0 Å². The predicted molar refractivity (Wildman–Crippen MR) is 77.0 cm³/mol. The van der Waals surface area contributed by atoms with Crippen LogP contribution in [0.2, 0.25) is 0 Å². The molecule has 98 valence electrons. The highest BCUT2D eigenvalue weighted by atomic mass is 16.3. The number of para-hydroxylation sites is 1. The van der Waals surface area contributed by atoms with Gasteiger partial charge in [-0.05, 0) is 44.0 Å². The molecule has 0 aliphatic rings. The molecule has 2 heteroatoms. The Balaban J connectivity index is 1.87. The van der Waals surface area contributed by atoms with Crippen LogP contribution in [0.4, 0.5) is 0 Å². The summed E-state index contributed by atoms with van der Waals surface area (Å²) in [6.45, 7) is 8.72. The number of hydrogen-bond donors (Lipinski definition) is 1. The fraction of sp³-hybridized carbons (Fsp3) is 0.500. The Kier molecular flexibility index (Phi) is 4.43. The molecule has 0 atom stereocenters. The Hall–Kier alpha value is -1.28. The fourth-order valence-corrected chi connectivity index (χ4v) is 2.16. The van der Waals surface area contributed by atoms with Gasteiger partial charge in [-0.3, -0.25) is 0 Å². The third kappa shape index (κ3) is 3.36. The van der Waals surface area contributed by atoms with Crippen LogP contribution in [0.25, 0.3) is 11.0 Å². The van der Waals surface area contributed by atoms with Crippen LogP contribution < -0.4 is 5.32 Å². The van der Waals surface area contributed by atoms with Crippen molar-refractivity contribution in [1.82, 2.24) is 5.32 Å². The molecule has 0 aliphatic heterocycles. The second-order valence-corrected chi connectivity index (χ2v) is 5.41. The highest BCUT2D eigenvalue weighted by molar-refractivity contribution is 5.80. The first-order chi connectivity index (χ1) is 8.66. The summed E-state index contributed by atoms with van der Waals surface area (Å²) in [5, 5.41) is 4.68. The lowest BCUT2D eigenvalue weighted by molar-refractivity contribution is 0.509. The molecule has 1 N–H and O–H groups in total. The first-order valence-electron chi connectivity index (χ1n) is 6.85. The lowest BCUT2D eigenvalue weighted by atomic mass is 10.1. The van der Waals surface area contributed by atoms with Crippen molar-refractivity contribution in [3.63, 3.8) is 0 Å². The summed E-state index contributed by atoms with van der Waals surface area (Å²) in [6, 6.07) is 8.47. The van der Waals surface area contributed by atoms with Crippen molar-refractivity contribution in [2.45, 2.75) is 33.6 Å². The largest absolute Gasteiger partial charge is 0.461 e. The van der Waals surface area contributed by atoms with E-state index in [0.29, 0.717) is 0 Å². The lowest BCUT2D eigenvalue weighted by Crippen LogP contribution is -2.20. The van der Waals surface area contributed by atoms with Crippen LogP contribution in [0.15, 0.2) is 28.7 Å². The van der Waals surface area contributed by atoms with Crippen molar-refractivity contribution in [3.8, 4) is 0 Å². The summed E-state index contributed by atoms with van der Waals surface area (Å²) in [4.78, 5) is 0. The second-order valence-electron chi connectivity index (χ2n) is 5.41. The van der Waals surface area contributed by atoms with Gasteiger partial charge < -0.3 is 9.73 Å². The van der Waals surface area contributed by atoms with E-state index in [1.807, 2.05) is 0 Å². The minimum Gasteiger partial charge on any atom is -0.461 e. The van der Waals surface area contributed by atoms with Crippen LogP contribution in [0, 0.1) is 12.8 Å². The number of hydrogen-bond acceptors (Lipinski definition) is 2. The molecule has 1 aromatic carbocycles. The molecule has 0 bridgehead atoms. The zero-order valence-corrected chi connectivity index (χ0v) is 11.6. The third-order valence-electron chi connectivity index (χ3n) is 3.12. The maximum absolute atomic E-state index is 5.90. The number of rotatable bonds is 6. The molecule has 2 aromatic rings. The second kappa shape index (κ2) is 6.05. The standard InChI is InChI=1S/C16H23NO/c1-12(2)11-17-9-5-8-15-10-14-7-4-6-13(3)16(14)18-15/h4,6-7,10,12,17H,5,8-9,11H2,1-3H3. The molecule has 0 amide bonds. The van der Waals surface area contributed by atoms with Crippen LogP contribution in [-0.4, -0.2) is 13.1 Å². The molecule has 1 aromatic heterocycles. The van der Waals surface area contributed by atoms with Gasteiger partial charge in [0.05, 0.1) is 0 Å². The minimum absolute atomic E-state index is 0.721. The molecule has 18 heavy (non-hydrogen) atoms. The summed E-state index contributed by atoms with van der Waals surface area (Å²) in [5.41, 5.74) is 2.26. The number of nitrogens with one attached hydrogen (secondary N) is 1. The summed E-state index contributed by atoms with van der Waals surface area (Å²) in [6.07, 6.45) is 2.14. The molecule has 0 radical (unpaired) electrons. The summed E-state index contributed by atoms with van der Waals surface area (Å²) in [7, 11) is 0. The molecular weight excluding hydrogens is 222 g/mol.